The molecule has 0 bridgehead atoms. The van der Waals surface area contributed by atoms with Crippen LogP contribution in [-0.4, -0.2) is 70.7 Å². The van der Waals surface area contributed by atoms with Crippen molar-refractivity contribution >= 4 is 5.91 Å². The summed E-state index contributed by atoms with van der Waals surface area (Å²) in [6, 6.07) is 10.4. The summed E-state index contributed by atoms with van der Waals surface area (Å²) in [6.45, 7) is 5.54. The molecule has 150 valence electrons. The molecular weight excluding hydrogens is 354 g/mol. The molecule has 2 aliphatic heterocycles. The number of rotatable bonds is 5. The predicted molar refractivity (Wildman–Crippen MR) is 107 cm³/mol. The number of carbonyl (C=O) groups is 1. The molecule has 0 aliphatic carbocycles. The van der Waals surface area contributed by atoms with E-state index in [4.69, 9.17) is 4.74 Å². The Morgan fingerprint density at radius 2 is 2.14 bits per heavy atom. The van der Waals surface area contributed by atoms with Crippen LogP contribution in [0.4, 0.5) is 0 Å². The average Bonchev–Trinajstić information content (AvgIpc) is 3.15. The topological polar surface area (TPSA) is 62.6 Å². The lowest BCUT2D eigenvalue weighted by Gasteiger charge is -2.38. The molecular formula is C21H29N5O2. The number of aromatic nitrogens is 2. The predicted octanol–water partition coefficient (Wildman–Crippen LogP) is 1.18. The second-order valence-corrected chi connectivity index (χ2v) is 7.62. The normalized spacial score (nSPS) is 23.7. The number of morpholine rings is 1. The van der Waals surface area contributed by atoms with E-state index >= 15 is 0 Å². The van der Waals surface area contributed by atoms with Crippen molar-refractivity contribution in [3.05, 3.63) is 54.1 Å². The molecule has 1 amide bonds. The highest BCUT2D eigenvalue weighted by Crippen LogP contribution is 2.23. The number of imidazole rings is 1. The molecule has 2 aliphatic rings. The number of ether oxygens (including phenoxy) is 1. The van der Waals surface area contributed by atoms with Crippen molar-refractivity contribution in [2.75, 3.05) is 39.3 Å². The van der Waals surface area contributed by atoms with E-state index in [1.165, 1.54) is 5.56 Å². The molecule has 4 rings (SSSR count). The number of hydrogen-bond acceptors (Lipinski definition) is 5. The standard InChI is InChI=1S/C21H29N5O2/c1-24-9-8-23-21(24)19-14-22-7-10-26(19)20(27)13-18-16-25(11-12-28-18)15-17-5-3-2-4-6-17/h2-6,8-9,18-19,22H,7,10-16H2,1H3. The van der Waals surface area contributed by atoms with E-state index in [-0.39, 0.29) is 18.1 Å². The summed E-state index contributed by atoms with van der Waals surface area (Å²) in [6.07, 6.45) is 4.09. The summed E-state index contributed by atoms with van der Waals surface area (Å²) in [7, 11) is 1.98. The Kier molecular flexibility index (Phi) is 6.04. The molecule has 0 radical (unpaired) electrons. The first kappa shape index (κ1) is 19.1. The van der Waals surface area contributed by atoms with E-state index in [0.717, 1.165) is 38.5 Å². The Morgan fingerprint density at radius 3 is 2.93 bits per heavy atom. The van der Waals surface area contributed by atoms with Crippen LogP contribution in [0.2, 0.25) is 0 Å². The second kappa shape index (κ2) is 8.86. The first-order valence-corrected chi connectivity index (χ1v) is 10.1. The molecule has 2 fully saturated rings. The fourth-order valence-corrected chi connectivity index (χ4v) is 4.13. The van der Waals surface area contributed by atoms with Crippen LogP contribution in [0.15, 0.2) is 42.7 Å². The number of hydrogen-bond donors (Lipinski definition) is 1. The Bertz CT molecular complexity index is 778. The van der Waals surface area contributed by atoms with Gasteiger partial charge in [0.1, 0.15) is 11.9 Å². The quantitative estimate of drug-likeness (QED) is 0.840. The maximum absolute atomic E-state index is 13.1. The third-order valence-corrected chi connectivity index (χ3v) is 5.59. The van der Waals surface area contributed by atoms with E-state index in [0.29, 0.717) is 19.6 Å². The molecule has 7 heteroatoms. The highest BCUT2D eigenvalue weighted by atomic mass is 16.5. The maximum Gasteiger partial charge on any atom is 0.225 e. The largest absolute Gasteiger partial charge is 0.375 e. The van der Waals surface area contributed by atoms with Gasteiger partial charge in [0, 0.05) is 58.7 Å². The van der Waals surface area contributed by atoms with Crippen molar-refractivity contribution in [1.29, 1.82) is 0 Å². The minimum Gasteiger partial charge on any atom is -0.375 e. The summed E-state index contributed by atoms with van der Waals surface area (Å²) >= 11 is 0. The summed E-state index contributed by atoms with van der Waals surface area (Å²) < 4.78 is 7.93. The first-order valence-electron chi connectivity index (χ1n) is 10.1. The minimum absolute atomic E-state index is 0.0229. The van der Waals surface area contributed by atoms with Crippen molar-refractivity contribution in [2.24, 2.45) is 7.05 Å². The van der Waals surface area contributed by atoms with Gasteiger partial charge in [-0.2, -0.15) is 0 Å². The molecule has 28 heavy (non-hydrogen) atoms. The van der Waals surface area contributed by atoms with Gasteiger partial charge in [-0.05, 0) is 5.56 Å². The fraction of sp³-hybridized carbons (Fsp3) is 0.524. The van der Waals surface area contributed by atoms with Gasteiger partial charge in [0.25, 0.3) is 0 Å². The van der Waals surface area contributed by atoms with Crippen molar-refractivity contribution in [2.45, 2.75) is 25.1 Å². The zero-order valence-corrected chi connectivity index (χ0v) is 16.5. The minimum atomic E-state index is -0.0538. The van der Waals surface area contributed by atoms with Gasteiger partial charge in [0.15, 0.2) is 0 Å². The summed E-state index contributed by atoms with van der Waals surface area (Å²) in [5.74, 6) is 1.08. The number of aryl methyl sites for hydroxylation is 1. The van der Waals surface area contributed by atoms with Crippen molar-refractivity contribution in [3.8, 4) is 0 Å². The van der Waals surface area contributed by atoms with E-state index in [9.17, 15) is 4.79 Å². The van der Waals surface area contributed by atoms with Gasteiger partial charge >= 0.3 is 0 Å². The average molecular weight is 383 g/mol. The number of benzene rings is 1. The summed E-state index contributed by atoms with van der Waals surface area (Å²) in [5.41, 5.74) is 1.30. The molecule has 2 saturated heterocycles. The fourth-order valence-electron chi connectivity index (χ4n) is 4.13. The number of nitrogens with zero attached hydrogens (tertiary/aromatic N) is 4. The van der Waals surface area contributed by atoms with Gasteiger partial charge in [-0.3, -0.25) is 9.69 Å². The van der Waals surface area contributed by atoms with E-state index < -0.39 is 0 Å². The molecule has 0 spiro atoms. The lowest BCUT2D eigenvalue weighted by molar-refractivity contribution is -0.139. The molecule has 2 aromatic rings. The Morgan fingerprint density at radius 1 is 1.29 bits per heavy atom. The SMILES string of the molecule is Cn1ccnc1C1CNCCN1C(=O)CC1CN(Cc2ccccc2)CCO1. The molecule has 2 unspecified atom stereocenters. The monoisotopic (exact) mass is 383 g/mol. The van der Waals surface area contributed by atoms with Crippen molar-refractivity contribution in [3.63, 3.8) is 0 Å². The molecule has 3 heterocycles. The molecule has 7 nitrogen and oxygen atoms in total. The van der Waals surface area contributed by atoms with Crippen LogP contribution < -0.4 is 5.32 Å². The molecule has 1 aromatic carbocycles. The number of carbonyl (C=O) groups excluding carboxylic acids is 1. The molecule has 2 atom stereocenters. The van der Waals surface area contributed by atoms with Gasteiger partial charge in [0.05, 0.1) is 19.1 Å². The van der Waals surface area contributed by atoms with Crippen molar-refractivity contribution in [1.82, 2.24) is 24.7 Å². The van der Waals surface area contributed by atoms with Gasteiger partial charge in [-0.15, -0.1) is 0 Å². The molecule has 0 saturated carbocycles. The van der Waals surface area contributed by atoms with Gasteiger partial charge < -0.3 is 19.5 Å². The Labute approximate surface area is 166 Å². The summed E-state index contributed by atoms with van der Waals surface area (Å²) in [4.78, 5) is 21.9. The third-order valence-electron chi connectivity index (χ3n) is 5.59. The van der Waals surface area contributed by atoms with Crippen LogP contribution in [-0.2, 0) is 23.1 Å². The lowest BCUT2D eigenvalue weighted by atomic mass is 10.1. The number of nitrogens with one attached hydrogen (secondary N) is 1. The van der Waals surface area contributed by atoms with Crippen LogP contribution in [0.25, 0.3) is 0 Å². The highest BCUT2D eigenvalue weighted by Gasteiger charge is 2.32. The second-order valence-electron chi connectivity index (χ2n) is 7.62. The van der Waals surface area contributed by atoms with Crippen LogP contribution >= 0.6 is 0 Å². The third kappa shape index (κ3) is 4.43. The van der Waals surface area contributed by atoms with E-state index in [2.05, 4.69) is 39.5 Å². The molecule has 1 aromatic heterocycles. The van der Waals surface area contributed by atoms with Crippen molar-refractivity contribution < 1.29 is 9.53 Å². The Balaban J connectivity index is 1.37. The smallest absolute Gasteiger partial charge is 0.225 e. The number of piperazine rings is 1. The van der Waals surface area contributed by atoms with E-state index in [1.807, 2.05) is 28.8 Å². The van der Waals surface area contributed by atoms with Crippen LogP contribution in [0.3, 0.4) is 0 Å². The Hall–Kier alpha value is -2.22. The summed E-state index contributed by atoms with van der Waals surface area (Å²) in [5, 5.41) is 3.39. The zero-order valence-electron chi connectivity index (χ0n) is 16.5. The highest BCUT2D eigenvalue weighted by molar-refractivity contribution is 5.77. The van der Waals surface area contributed by atoms with E-state index in [1.54, 1.807) is 6.20 Å². The first-order chi connectivity index (χ1) is 13.7. The van der Waals surface area contributed by atoms with Gasteiger partial charge in [-0.25, -0.2) is 4.98 Å². The zero-order chi connectivity index (χ0) is 19.3. The van der Waals surface area contributed by atoms with Crippen LogP contribution in [0.5, 0.6) is 0 Å². The molecule has 1 N–H and O–H groups in total. The van der Waals surface area contributed by atoms with Gasteiger partial charge in [0.2, 0.25) is 5.91 Å². The van der Waals surface area contributed by atoms with Crippen LogP contribution in [0, 0.1) is 0 Å². The number of amides is 1. The van der Waals surface area contributed by atoms with Gasteiger partial charge in [-0.1, -0.05) is 30.3 Å². The van der Waals surface area contributed by atoms with Crippen LogP contribution in [0.1, 0.15) is 23.9 Å². The lowest BCUT2D eigenvalue weighted by Crippen LogP contribution is -2.51. The maximum atomic E-state index is 13.1.